The quantitative estimate of drug-likeness (QED) is 0.481. The Bertz CT molecular complexity index is 1200. The maximum Gasteiger partial charge on any atom is 0.227 e. The number of methoxy groups -OCH3 is 1. The number of nitrogens with zero attached hydrogens (tertiary/aromatic N) is 4. The molecule has 0 bridgehead atoms. The van der Waals surface area contributed by atoms with Gasteiger partial charge in [0.2, 0.25) is 5.95 Å². The van der Waals surface area contributed by atoms with E-state index in [-0.39, 0.29) is 11.0 Å². The molecule has 7 heteroatoms. The monoisotopic (exact) mass is 488 g/mol. The summed E-state index contributed by atoms with van der Waals surface area (Å²) in [6.07, 6.45) is 0. The van der Waals surface area contributed by atoms with Crippen molar-refractivity contribution in [2.24, 2.45) is 5.73 Å². The van der Waals surface area contributed by atoms with Crippen molar-refractivity contribution >= 4 is 23.1 Å². The van der Waals surface area contributed by atoms with Gasteiger partial charge in [0.05, 0.1) is 18.3 Å². The molecule has 2 heterocycles. The third-order valence-corrected chi connectivity index (χ3v) is 6.91. The van der Waals surface area contributed by atoms with Gasteiger partial charge in [-0.1, -0.05) is 32.9 Å². The Balaban J connectivity index is 1.58. The molecule has 0 atom stereocenters. The summed E-state index contributed by atoms with van der Waals surface area (Å²) in [5.41, 5.74) is 11.5. The highest BCUT2D eigenvalue weighted by molar-refractivity contribution is 5.63. The average Bonchev–Trinajstić information content (AvgIpc) is 2.84. The second-order valence-electron chi connectivity index (χ2n) is 11.2. The van der Waals surface area contributed by atoms with E-state index >= 15 is 0 Å². The molecule has 4 rings (SSSR count). The predicted molar refractivity (Wildman–Crippen MR) is 150 cm³/mol. The standard InChI is InChI=1S/C29H40N6O/c1-20-8-9-21(28(2,3)4)16-25(20)32-26-17-22(18-30)31-27(33-26)34-14-15-35(29(5,6)19-34)23-10-12-24(36-7)13-11-23/h8-13,16-17H,14-15,18-19,30H2,1-7H3,(H,31,32,33). The highest BCUT2D eigenvalue weighted by atomic mass is 16.5. The minimum atomic E-state index is -0.111. The molecule has 192 valence electrons. The van der Waals surface area contributed by atoms with Gasteiger partial charge in [-0.05, 0) is 67.6 Å². The van der Waals surface area contributed by atoms with E-state index in [1.807, 2.05) is 18.2 Å². The summed E-state index contributed by atoms with van der Waals surface area (Å²) in [6.45, 7) is 16.2. The van der Waals surface area contributed by atoms with Crippen LogP contribution in [0.4, 0.5) is 23.1 Å². The van der Waals surface area contributed by atoms with Crippen LogP contribution >= 0.6 is 0 Å². The molecule has 3 N–H and O–H groups in total. The van der Waals surface area contributed by atoms with Gasteiger partial charge in [0, 0.05) is 43.6 Å². The Morgan fingerprint density at radius 3 is 2.36 bits per heavy atom. The van der Waals surface area contributed by atoms with Crippen LogP contribution in [0.25, 0.3) is 0 Å². The number of piperazine rings is 1. The van der Waals surface area contributed by atoms with Gasteiger partial charge in [0.25, 0.3) is 0 Å². The fraction of sp³-hybridized carbons (Fsp3) is 0.448. The molecule has 0 saturated carbocycles. The molecule has 1 aliphatic rings. The Morgan fingerprint density at radius 1 is 1.03 bits per heavy atom. The first-order chi connectivity index (χ1) is 17.0. The Labute approximate surface area is 215 Å². The van der Waals surface area contributed by atoms with Crippen LogP contribution in [-0.4, -0.2) is 42.3 Å². The van der Waals surface area contributed by atoms with Crippen LogP contribution < -0.4 is 25.6 Å². The molecule has 0 unspecified atom stereocenters. The normalized spacial score (nSPS) is 15.7. The van der Waals surface area contributed by atoms with E-state index < -0.39 is 0 Å². The highest BCUT2D eigenvalue weighted by Gasteiger charge is 2.35. The van der Waals surface area contributed by atoms with Crippen LogP contribution in [-0.2, 0) is 12.0 Å². The lowest BCUT2D eigenvalue weighted by atomic mass is 9.86. The zero-order valence-corrected chi connectivity index (χ0v) is 22.7. The van der Waals surface area contributed by atoms with E-state index in [1.54, 1.807) is 7.11 Å². The minimum absolute atomic E-state index is 0.0680. The van der Waals surface area contributed by atoms with E-state index in [0.29, 0.717) is 12.5 Å². The summed E-state index contributed by atoms with van der Waals surface area (Å²) in [5.74, 6) is 2.35. The van der Waals surface area contributed by atoms with Crippen LogP contribution in [0.5, 0.6) is 5.75 Å². The molecule has 3 aromatic rings. The van der Waals surface area contributed by atoms with Crippen LogP contribution in [0.3, 0.4) is 0 Å². The number of anilines is 4. The van der Waals surface area contributed by atoms with Crippen molar-refractivity contribution in [2.75, 3.05) is 41.9 Å². The van der Waals surface area contributed by atoms with Crippen molar-refractivity contribution in [1.82, 2.24) is 9.97 Å². The van der Waals surface area contributed by atoms with Gasteiger partial charge in [0.15, 0.2) is 0 Å². The lowest BCUT2D eigenvalue weighted by molar-refractivity contribution is 0.408. The summed E-state index contributed by atoms with van der Waals surface area (Å²) in [6, 6.07) is 16.8. The summed E-state index contributed by atoms with van der Waals surface area (Å²) < 4.78 is 5.33. The minimum Gasteiger partial charge on any atom is -0.497 e. The number of hydrogen-bond acceptors (Lipinski definition) is 7. The third kappa shape index (κ3) is 5.57. The number of aryl methyl sites for hydroxylation is 1. The van der Waals surface area contributed by atoms with E-state index in [1.165, 1.54) is 16.8 Å². The summed E-state index contributed by atoms with van der Waals surface area (Å²) in [7, 11) is 1.69. The second kappa shape index (κ2) is 9.97. The lowest BCUT2D eigenvalue weighted by Crippen LogP contribution is -2.60. The van der Waals surface area contributed by atoms with Crippen LogP contribution in [0.15, 0.2) is 48.5 Å². The molecule has 7 nitrogen and oxygen atoms in total. The topological polar surface area (TPSA) is 79.5 Å². The molecule has 36 heavy (non-hydrogen) atoms. The molecule has 0 amide bonds. The predicted octanol–water partition coefficient (Wildman–Crippen LogP) is 5.40. The molecular weight excluding hydrogens is 448 g/mol. The molecule has 1 aromatic heterocycles. The van der Waals surface area contributed by atoms with E-state index in [9.17, 15) is 0 Å². The third-order valence-electron chi connectivity index (χ3n) is 6.91. The van der Waals surface area contributed by atoms with Gasteiger partial charge in [-0.2, -0.15) is 4.98 Å². The first-order valence-corrected chi connectivity index (χ1v) is 12.6. The number of benzene rings is 2. The van der Waals surface area contributed by atoms with E-state index in [2.05, 4.69) is 87.0 Å². The number of hydrogen-bond donors (Lipinski definition) is 2. The fourth-order valence-electron chi connectivity index (χ4n) is 4.72. The zero-order valence-electron chi connectivity index (χ0n) is 22.7. The van der Waals surface area contributed by atoms with Gasteiger partial charge >= 0.3 is 0 Å². The molecule has 0 spiro atoms. The van der Waals surface area contributed by atoms with Crippen LogP contribution in [0.2, 0.25) is 0 Å². The van der Waals surface area contributed by atoms with E-state index in [4.69, 9.17) is 20.4 Å². The van der Waals surface area contributed by atoms with Crippen molar-refractivity contribution in [1.29, 1.82) is 0 Å². The van der Waals surface area contributed by atoms with Gasteiger partial charge in [-0.25, -0.2) is 4.98 Å². The number of rotatable bonds is 6. The largest absolute Gasteiger partial charge is 0.497 e. The van der Waals surface area contributed by atoms with Crippen LogP contribution in [0, 0.1) is 6.92 Å². The van der Waals surface area contributed by atoms with Crippen LogP contribution in [0.1, 0.15) is 51.4 Å². The van der Waals surface area contributed by atoms with Gasteiger partial charge in [-0.15, -0.1) is 0 Å². The van der Waals surface area contributed by atoms with Gasteiger partial charge < -0.3 is 25.6 Å². The van der Waals surface area contributed by atoms with E-state index in [0.717, 1.165) is 42.6 Å². The van der Waals surface area contributed by atoms with Crippen molar-refractivity contribution in [2.45, 2.75) is 59.0 Å². The summed E-state index contributed by atoms with van der Waals surface area (Å²) in [4.78, 5) is 14.4. The van der Waals surface area contributed by atoms with Crippen molar-refractivity contribution in [3.05, 3.63) is 65.4 Å². The average molecular weight is 489 g/mol. The second-order valence-corrected chi connectivity index (χ2v) is 11.2. The molecular formula is C29H40N6O. The number of nitrogens with one attached hydrogen (secondary N) is 1. The summed E-state index contributed by atoms with van der Waals surface area (Å²) in [5, 5.41) is 3.55. The Morgan fingerprint density at radius 2 is 1.75 bits per heavy atom. The Kier molecular flexibility index (Phi) is 7.14. The lowest BCUT2D eigenvalue weighted by Gasteiger charge is -2.48. The first kappa shape index (κ1) is 25.8. The molecule has 0 aliphatic carbocycles. The maximum atomic E-state index is 6.04. The zero-order chi connectivity index (χ0) is 26.1. The van der Waals surface area contributed by atoms with Gasteiger partial charge in [0.1, 0.15) is 11.6 Å². The molecule has 2 aromatic carbocycles. The molecule has 1 aliphatic heterocycles. The van der Waals surface area contributed by atoms with Crippen molar-refractivity contribution < 1.29 is 4.74 Å². The first-order valence-electron chi connectivity index (χ1n) is 12.6. The maximum absolute atomic E-state index is 6.04. The molecule has 1 saturated heterocycles. The smallest absolute Gasteiger partial charge is 0.227 e. The number of ether oxygens (including phenoxy) is 1. The molecule has 1 fully saturated rings. The number of aromatic nitrogens is 2. The fourth-order valence-corrected chi connectivity index (χ4v) is 4.72. The SMILES string of the molecule is COc1ccc(N2CCN(c3nc(CN)cc(Nc4cc(C(C)(C)C)ccc4C)n3)CC2(C)C)cc1. The van der Waals surface area contributed by atoms with Gasteiger partial charge in [-0.3, -0.25) is 0 Å². The molecule has 0 radical (unpaired) electrons. The van der Waals surface area contributed by atoms with Crippen molar-refractivity contribution in [3.8, 4) is 5.75 Å². The number of nitrogens with two attached hydrogens (primary N) is 1. The summed E-state index contributed by atoms with van der Waals surface area (Å²) >= 11 is 0. The van der Waals surface area contributed by atoms with Crippen molar-refractivity contribution in [3.63, 3.8) is 0 Å². The highest BCUT2D eigenvalue weighted by Crippen LogP contribution is 2.32. The Hall–Kier alpha value is -3.32.